The fourth-order valence-electron chi connectivity index (χ4n) is 1.35. The number of aliphatic hydroxyl groups excluding tert-OH is 1. The molecule has 0 radical (unpaired) electrons. The summed E-state index contributed by atoms with van der Waals surface area (Å²) in [6.45, 7) is 0.950. The summed E-state index contributed by atoms with van der Waals surface area (Å²) in [5.41, 5.74) is -0.794. The topological polar surface area (TPSA) is 81.4 Å². The van der Waals surface area contributed by atoms with Gasteiger partial charge < -0.3 is 5.11 Å². The minimum absolute atomic E-state index is 0.239. The van der Waals surface area contributed by atoms with Crippen LogP contribution in [0.3, 0.4) is 0 Å². The third-order valence-electron chi connectivity index (χ3n) is 2.40. The molecule has 1 aromatic carbocycles. The number of nitrogens with zero attached hydrogens (tertiary/aromatic N) is 2. The second-order valence-corrected chi connectivity index (χ2v) is 5.60. The van der Waals surface area contributed by atoms with Crippen molar-refractivity contribution in [1.82, 2.24) is 0 Å². The molecule has 1 rings (SSSR count). The molecule has 0 heterocycles. The van der Waals surface area contributed by atoms with Crippen molar-refractivity contribution in [2.24, 2.45) is 0 Å². The zero-order valence-corrected chi connectivity index (χ0v) is 11.2. The Hall–Kier alpha value is -2.21. The van der Waals surface area contributed by atoms with Gasteiger partial charge in [-0.15, -0.1) is 0 Å². The highest BCUT2D eigenvalue weighted by Gasteiger charge is 2.29. The molecular formula is C11H9F3N2O3S. The van der Waals surface area contributed by atoms with Crippen LogP contribution < -0.4 is 4.31 Å². The summed E-state index contributed by atoms with van der Waals surface area (Å²) in [6, 6.07) is 2.49. The van der Waals surface area contributed by atoms with Crippen molar-refractivity contribution < 1.29 is 26.7 Å². The number of sulfonamides is 1. The molecule has 0 aliphatic rings. The maximum absolute atomic E-state index is 13.5. The molecule has 0 unspecified atom stereocenters. The Balaban J connectivity index is 3.48. The Labute approximate surface area is 113 Å². The van der Waals surface area contributed by atoms with Crippen molar-refractivity contribution in [2.75, 3.05) is 11.4 Å². The van der Waals surface area contributed by atoms with Gasteiger partial charge in [-0.25, -0.2) is 21.6 Å². The van der Waals surface area contributed by atoms with Crippen LogP contribution in [0.25, 0.3) is 0 Å². The second-order valence-electron chi connectivity index (χ2n) is 3.69. The molecule has 1 aromatic rings. The monoisotopic (exact) mass is 306 g/mol. The van der Waals surface area contributed by atoms with E-state index in [4.69, 9.17) is 10.4 Å². The molecular weight excluding hydrogens is 297 g/mol. The van der Waals surface area contributed by atoms with Gasteiger partial charge in [0.2, 0.25) is 4.91 Å². The molecule has 0 aliphatic heterocycles. The van der Waals surface area contributed by atoms with Gasteiger partial charge in [-0.05, 0) is 19.1 Å². The minimum Gasteiger partial charge on any atom is -0.510 e. The van der Waals surface area contributed by atoms with E-state index in [0.717, 1.165) is 14.0 Å². The van der Waals surface area contributed by atoms with E-state index in [9.17, 15) is 21.6 Å². The molecule has 0 aliphatic carbocycles. The average molecular weight is 306 g/mol. The van der Waals surface area contributed by atoms with Crippen LogP contribution in [0, 0.1) is 28.8 Å². The highest BCUT2D eigenvalue weighted by Crippen LogP contribution is 2.27. The predicted molar refractivity (Wildman–Crippen MR) is 64.6 cm³/mol. The van der Waals surface area contributed by atoms with Crippen LogP contribution in [0.5, 0.6) is 0 Å². The zero-order valence-electron chi connectivity index (χ0n) is 10.4. The molecule has 9 heteroatoms. The largest absolute Gasteiger partial charge is 0.510 e. The van der Waals surface area contributed by atoms with Crippen molar-refractivity contribution in [1.29, 1.82) is 5.26 Å². The summed E-state index contributed by atoms with van der Waals surface area (Å²) in [7, 11) is -3.74. The lowest BCUT2D eigenvalue weighted by molar-refractivity contribution is 0.412. The molecule has 0 aromatic heterocycles. The summed E-state index contributed by atoms with van der Waals surface area (Å²) < 4.78 is 63.5. The Kier molecular flexibility index (Phi) is 4.29. The third-order valence-corrected chi connectivity index (χ3v) is 4.22. The van der Waals surface area contributed by atoms with E-state index in [-0.39, 0.29) is 4.31 Å². The van der Waals surface area contributed by atoms with Crippen molar-refractivity contribution in [3.05, 3.63) is 40.2 Å². The second kappa shape index (κ2) is 5.42. The van der Waals surface area contributed by atoms with E-state index in [1.807, 2.05) is 0 Å². The van der Waals surface area contributed by atoms with Gasteiger partial charge in [0.25, 0.3) is 10.0 Å². The van der Waals surface area contributed by atoms with Gasteiger partial charge in [0.05, 0.1) is 5.69 Å². The highest BCUT2D eigenvalue weighted by molar-refractivity contribution is 7.96. The molecule has 0 fully saturated rings. The fourth-order valence-corrected chi connectivity index (χ4v) is 2.51. The molecule has 0 saturated heterocycles. The van der Waals surface area contributed by atoms with E-state index < -0.39 is 43.8 Å². The van der Waals surface area contributed by atoms with Gasteiger partial charge in [0.15, 0.2) is 17.5 Å². The number of benzene rings is 1. The van der Waals surface area contributed by atoms with Crippen LogP contribution in [-0.4, -0.2) is 20.6 Å². The Morgan fingerprint density at radius 2 is 1.85 bits per heavy atom. The van der Waals surface area contributed by atoms with Crippen LogP contribution in [0.15, 0.2) is 22.8 Å². The third kappa shape index (κ3) is 2.55. The zero-order chi connectivity index (χ0) is 15.7. The van der Waals surface area contributed by atoms with E-state index in [0.29, 0.717) is 12.1 Å². The number of anilines is 1. The lowest BCUT2D eigenvalue weighted by atomic mass is 10.3. The van der Waals surface area contributed by atoms with Crippen LogP contribution in [0.2, 0.25) is 0 Å². The summed E-state index contributed by atoms with van der Waals surface area (Å²) in [5, 5.41) is 17.8. The molecule has 0 bridgehead atoms. The molecule has 0 spiro atoms. The predicted octanol–water partition coefficient (Wildman–Crippen LogP) is 2.18. The number of nitriles is 1. The van der Waals surface area contributed by atoms with E-state index in [2.05, 4.69) is 0 Å². The average Bonchev–Trinajstić information content (AvgIpc) is 2.35. The summed E-state index contributed by atoms with van der Waals surface area (Å²) in [4.78, 5) is -1.02. The standard InChI is InChI=1S/C11H9F3N2O3S/c1-6(17)9(5-15)20(18,19)16(2)8-4-3-7(12)10(13)11(8)14/h3-4,17H,1-2H3. The Bertz CT molecular complexity index is 719. The highest BCUT2D eigenvalue weighted by atomic mass is 32.2. The molecule has 0 saturated carbocycles. The van der Waals surface area contributed by atoms with Crippen LogP contribution in [0.4, 0.5) is 18.9 Å². The van der Waals surface area contributed by atoms with E-state index in [1.165, 1.54) is 6.07 Å². The summed E-state index contributed by atoms with van der Waals surface area (Å²) in [6.07, 6.45) is 0. The number of hydrogen-bond donors (Lipinski definition) is 1. The molecule has 5 nitrogen and oxygen atoms in total. The van der Waals surface area contributed by atoms with E-state index in [1.54, 1.807) is 0 Å². The molecule has 20 heavy (non-hydrogen) atoms. The minimum atomic E-state index is -4.58. The van der Waals surface area contributed by atoms with E-state index >= 15 is 0 Å². The normalized spacial score (nSPS) is 12.6. The first-order valence-electron chi connectivity index (χ1n) is 5.07. The summed E-state index contributed by atoms with van der Waals surface area (Å²) in [5.74, 6) is -5.84. The van der Waals surface area contributed by atoms with Gasteiger partial charge in [-0.3, -0.25) is 4.31 Å². The Morgan fingerprint density at radius 3 is 2.30 bits per heavy atom. The number of hydrogen-bond acceptors (Lipinski definition) is 4. The Morgan fingerprint density at radius 1 is 1.30 bits per heavy atom. The smallest absolute Gasteiger partial charge is 0.277 e. The number of aliphatic hydroxyl groups is 1. The van der Waals surface area contributed by atoms with Gasteiger partial charge in [-0.2, -0.15) is 5.26 Å². The van der Waals surface area contributed by atoms with Crippen LogP contribution >= 0.6 is 0 Å². The van der Waals surface area contributed by atoms with Gasteiger partial charge in [0.1, 0.15) is 11.8 Å². The maximum Gasteiger partial charge on any atom is 0.277 e. The first-order chi connectivity index (χ1) is 9.14. The van der Waals surface area contributed by atoms with Crippen LogP contribution in [-0.2, 0) is 10.0 Å². The lowest BCUT2D eigenvalue weighted by Gasteiger charge is -2.19. The molecule has 1 N–H and O–H groups in total. The first-order valence-corrected chi connectivity index (χ1v) is 6.51. The molecule has 0 amide bonds. The van der Waals surface area contributed by atoms with Crippen molar-refractivity contribution in [2.45, 2.75) is 6.92 Å². The summed E-state index contributed by atoms with van der Waals surface area (Å²) >= 11 is 0. The SMILES string of the molecule is CC(O)=C(C#N)S(=O)(=O)N(C)c1ccc(F)c(F)c1F. The van der Waals surface area contributed by atoms with Crippen LogP contribution in [0.1, 0.15) is 6.92 Å². The number of rotatable bonds is 3. The van der Waals surface area contributed by atoms with Crippen molar-refractivity contribution >= 4 is 15.7 Å². The molecule has 108 valence electrons. The van der Waals surface area contributed by atoms with Gasteiger partial charge in [-0.1, -0.05) is 0 Å². The maximum atomic E-state index is 13.5. The van der Waals surface area contributed by atoms with Crippen molar-refractivity contribution in [3.8, 4) is 6.07 Å². The van der Waals surface area contributed by atoms with Gasteiger partial charge in [0, 0.05) is 7.05 Å². The fraction of sp³-hybridized carbons (Fsp3) is 0.182. The first kappa shape index (κ1) is 15.8. The van der Waals surface area contributed by atoms with Gasteiger partial charge >= 0.3 is 0 Å². The lowest BCUT2D eigenvalue weighted by Crippen LogP contribution is -2.29. The number of allylic oxidation sites excluding steroid dienone is 2. The quantitative estimate of drug-likeness (QED) is 0.527. The van der Waals surface area contributed by atoms with Crippen molar-refractivity contribution in [3.63, 3.8) is 0 Å². The number of halogens is 3. The molecule has 0 atom stereocenters.